The van der Waals surface area contributed by atoms with Gasteiger partial charge >= 0.3 is 0 Å². The Morgan fingerprint density at radius 3 is 2.75 bits per heavy atom. The third-order valence-electron chi connectivity index (χ3n) is 5.91. The summed E-state index contributed by atoms with van der Waals surface area (Å²) in [4.78, 5) is 32.6. The summed E-state index contributed by atoms with van der Waals surface area (Å²) >= 11 is 0. The van der Waals surface area contributed by atoms with E-state index in [4.69, 9.17) is 4.74 Å². The number of carbonyl (C=O) groups excluding carboxylic acids is 1. The van der Waals surface area contributed by atoms with Gasteiger partial charge in [0.05, 0.1) is 24.2 Å². The first-order chi connectivity index (χ1) is 13.6. The molecule has 7 heteroatoms. The number of rotatable bonds is 4. The first kappa shape index (κ1) is 18.9. The number of morpholine rings is 1. The topological polar surface area (TPSA) is 76.5 Å². The number of nitrogens with zero attached hydrogens (tertiary/aromatic N) is 3. The van der Waals surface area contributed by atoms with Gasteiger partial charge < -0.3 is 15.0 Å². The van der Waals surface area contributed by atoms with Crippen molar-refractivity contribution >= 4 is 22.8 Å². The zero-order chi connectivity index (χ0) is 19.5. The summed E-state index contributed by atoms with van der Waals surface area (Å²) < 4.78 is 6.96. The second-order valence-electron chi connectivity index (χ2n) is 7.85. The highest BCUT2D eigenvalue weighted by Crippen LogP contribution is 2.23. The van der Waals surface area contributed by atoms with Crippen LogP contribution >= 0.6 is 0 Å². The molecule has 2 aromatic rings. The van der Waals surface area contributed by atoms with Crippen molar-refractivity contribution in [3.8, 4) is 0 Å². The van der Waals surface area contributed by atoms with Crippen LogP contribution in [0.3, 0.4) is 0 Å². The average Bonchev–Trinajstić information content (AvgIpc) is 2.72. The molecule has 0 bridgehead atoms. The van der Waals surface area contributed by atoms with Crippen LogP contribution < -0.4 is 15.8 Å². The highest BCUT2D eigenvalue weighted by molar-refractivity contribution is 5.81. The van der Waals surface area contributed by atoms with E-state index in [1.54, 1.807) is 4.57 Å². The van der Waals surface area contributed by atoms with Crippen LogP contribution in [0, 0.1) is 5.92 Å². The highest BCUT2D eigenvalue weighted by atomic mass is 16.5. The number of amides is 1. The van der Waals surface area contributed by atoms with Crippen molar-refractivity contribution in [2.75, 3.05) is 31.2 Å². The number of ether oxygens (including phenoxy) is 1. The van der Waals surface area contributed by atoms with E-state index < -0.39 is 0 Å². The van der Waals surface area contributed by atoms with Gasteiger partial charge in [-0.15, -0.1) is 0 Å². The molecule has 150 valence electrons. The Morgan fingerprint density at radius 1 is 1.21 bits per heavy atom. The highest BCUT2D eigenvalue weighted by Gasteiger charge is 2.24. The molecule has 7 nitrogen and oxygen atoms in total. The number of benzene rings is 1. The average molecular weight is 384 g/mol. The predicted octanol–water partition coefficient (Wildman–Crippen LogP) is 1.93. The van der Waals surface area contributed by atoms with E-state index in [0.717, 1.165) is 24.8 Å². The molecule has 2 heterocycles. The molecule has 0 unspecified atom stereocenters. The van der Waals surface area contributed by atoms with Gasteiger partial charge in [-0.1, -0.05) is 31.9 Å². The largest absolute Gasteiger partial charge is 0.378 e. The molecule has 1 aromatic carbocycles. The Balaban J connectivity index is 1.64. The van der Waals surface area contributed by atoms with Crippen molar-refractivity contribution in [1.29, 1.82) is 0 Å². The molecule has 1 saturated heterocycles. The number of hydrogen-bond donors (Lipinski definition) is 1. The second kappa shape index (κ2) is 8.31. The van der Waals surface area contributed by atoms with Gasteiger partial charge in [0.1, 0.15) is 6.54 Å². The van der Waals surface area contributed by atoms with Crippen LogP contribution in [0.15, 0.2) is 29.1 Å². The van der Waals surface area contributed by atoms with Crippen LogP contribution in [-0.4, -0.2) is 47.8 Å². The summed E-state index contributed by atoms with van der Waals surface area (Å²) in [6.07, 6.45) is 4.53. The van der Waals surface area contributed by atoms with Gasteiger partial charge in [-0.3, -0.25) is 14.2 Å². The number of nitrogens with one attached hydrogen (secondary N) is 1. The van der Waals surface area contributed by atoms with E-state index in [-0.39, 0.29) is 24.1 Å². The van der Waals surface area contributed by atoms with Crippen molar-refractivity contribution < 1.29 is 9.53 Å². The van der Waals surface area contributed by atoms with Crippen molar-refractivity contribution in [2.24, 2.45) is 5.92 Å². The standard InChI is InChI=1S/C21H28N4O3/c1-15-6-2-3-7-16(15)22-19(26)14-25-18-9-5-4-8-17(18)23-20(21(25)27)24-10-12-28-13-11-24/h4-5,8-9,15-16H,2-3,6-7,10-14H2,1H3,(H,22,26)/t15-,16-/m1/s1. The van der Waals surface area contributed by atoms with Gasteiger partial charge in [-0.05, 0) is 30.9 Å². The molecule has 1 aliphatic heterocycles. The Labute approximate surface area is 164 Å². The molecule has 1 N–H and O–H groups in total. The lowest BCUT2D eigenvalue weighted by atomic mass is 9.86. The van der Waals surface area contributed by atoms with Crippen LogP contribution in [0.5, 0.6) is 0 Å². The Bertz CT molecular complexity index is 904. The monoisotopic (exact) mass is 384 g/mol. The lowest BCUT2D eigenvalue weighted by molar-refractivity contribution is -0.122. The molecule has 1 amide bonds. The number of aromatic nitrogens is 2. The fourth-order valence-corrected chi connectivity index (χ4v) is 4.24. The van der Waals surface area contributed by atoms with E-state index in [1.807, 2.05) is 29.2 Å². The number of para-hydroxylation sites is 2. The van der Waals surface area contributed by atoms with Crippen molar-refractivity contribution in [1.82, 2.24) is 14.9 Å². The van der Waals surface area contributed by atoms with Crippen molar-refractivity contribution in [3.05, 3.63) is 34.6 Å². The van der Waals surface area contributed by atoms with E-state index in [1.165, 1.54) is 6.42 Å². The fraction of sp³-hybridized carbons (Fsp3) is 0.571. The van der Waals surface area contributed by atoms with Crippen LogP contribution in [0.25, 0.3) is 11.0 Å². The number of anilines is 1. The molecule has 2 aliphatic rings. The van der Waals surface area contributed by atoms with Gasteiger partial charge in [-0.2, -0.15) is 0 Å². The molecule has 1 aromatic heterocycles. The fourth-order valence-electron chi connectivity index (χ4n) is 4.24. The molecular formula is C21H28N4O3. The summed E-state index contributed by atoms with van der Waals surface area (Å²) in [5, 5.41) is 3.16. The van der Waals surface area contributed by atoms with Gasteiger partial charge in [0, 0.05) is 19.1 Å². The van der Waals surface area contributed by atoms with E-state index >= 15 is 0 Å². The quantitative estimate of drug-likeness (QED) is 0.872. The zero-order valence-electron chi connectivity index (χ0n) is 16.4. The third-order valence-corrected chi connectivity index (χ3v) is 5.91. The van der Waals surface area contributed by atoms with E-state index in [0.29, 0.717) is 43.6 Å². The first-order valence-electron chi connectivity index (χ1n) is 10.2. The predicted molar refractivity (Wildman–Crippen MR) is 109 cm³/mol. The van der Waals surface area contributed by atoms with Crippen LogP contribution in [0.2, 0.25) is 0 Å². The summed E-state index contributed by atoms with van der Waals surface area (Å²) in [7, 11) is 0. The SMILES string of the molecule is C[C@@H]1CCCC[C@H]1NC(=O)Cn1c(=O)c(N2CCOCC2)nc2ccccc21. The molecule has 1 saturated carbocycles. The second-order valence-corrected chi connectivity index (χ2v) is 7.85. The lowest BCUT2D eigenvalue weighted by Gasteiger charge is -2.30. The molecule has 2 fully saturated rings. The Kier molecular flexibility index (Phi) is 5.62. The number of fused-ring (bicyclic) bond motifs is 1. The normalized spacial score (nSPS) is 23.0. The maximum absolute atomic E-state index is 13.2. The van der Waals surface area contributed by atoms with Crippen molar-refractivity contribution in [3.63, 3.8) is 0 Å². The summed E-state index contributed by atoms with van der Waals surface area (Å²) in [6, 6.07) is 7.70. The molecule has 0 radical (unpaired) electrons. The molecule has 1 aliphatic carbocycles. The number of hydrogen-bond acceptors (Lipinski definition) is 5. The third kappa shape index (κ3) is 3.90. The van der Waals surface area contributed by atoms with Gasteiger partial charge in [0.25, 0.3) is 5.56 Å². The maximum Gasteiger partial charge on any atom is 0.294 e. The summed E-state index contributed by atoms with van der Waals surface area (Å²) in [6.45, 7) is 4.62. The number of carbonyl (C=O) groups is 1. The van der Waals surface area contributed by atoms with Crippen LogP contribution in [-0.2, 0) is 16.1 Å². The van der Waals surface area contributed by atoms with Crippen molar-refractivity contribution in [2.45, 2.75) is 45.2 Å². The van der Waals surface area contributed by atoms with Gasteiger partial charge in [-0.25, -0.2) is 4.98 Å². The first-order valence-corrected chi connectivity index (χ1v) is 10.2. The summed E-state index contributed by atoms with van der Waals surface area (Å²) in [5.74, 6) is 0.776. The van der Waals surface area contributed by atoms with Gasteiger partial charge in [0.2, 0.25) is 5.91 Å². The van der Waals surface area contributed by atoms with E-state index in [2.05, 4.69) is 17.2 Å². The zero-order valence-corrected chi connectivity index (χ0v) is 16.4. The molecule has 28 heavy (non-hydrogen) atoms. The van der Waals surface area contributed by atoms with Crippen LogP contribution in [0.4, 0.5) is 5.82 Å². The lowest BCUT2D eigenvalue weighted by Crippen LogP contribution is -2.45. The molecule has 4 rings (SSSR count). The molecular weight excluding hydrogens is 356 g/mol. The molecule has 0 spiro atoms. The smallest absolute Gasteiger partial charge is 0.294 e. The molecule has 2 atom stereocenters. The maximum atomic E-state index is 13.2. The van der Waals surface area contributed by atoms with E-state index in [9.17, 15) is 9.59 Å². The Hall–Kier alpha value is -2.41. The minimum atomic E-state index is -0.215. The minimum absolute atomic E-state index is 0.0163. The van der Waals surface area contributed by atoms with Gasteiger partial charge in [0.15, 0.2) is 5.82 Å². The summed E-state index contributed by atoms with van der Waals surface area (Å²) in [5.41, 5.74) is 1.20. The Morgan fingerprint density at radius 2 is 1.96 bits per heavy atom. The van der Waals surface area contributed by atoms with Crippen LogP contribution in [0.1, 0.15) is 32.6 Å². The minimum Gasteiger partial charge on any atom is -0.378 e.